The van der Waals surface area contributed by atoms with E-state index >= 15 is 0 Å². The van der Waals surface area contributed by atoms with E-state index in [2.05, 4.69) is 11.4 Å². The van der Waals surface area contributed by atoms with Crippen LogP contribution >= 0.6 is 0 Å². The molecule has 108 valence electrons. The van der Waals surface area contributed by atoms with E-state index < -0.39 is 6.10 Å². The fourth-order valence-corrected chi connectivity index (χ4v) is 3.42. The number of ether oxygens (including phenoxy) is 1. The summed E-state index contributed by atoms with van der Waals surface area (Å²) in [6.07, 6.45) is 4.72. The third-order valence-electron chi connectivity index (χ3n) is 4.59. The molecule has 2 unspecified atom stereocenters. The van der Waals surface area contributed by atoms with E-state index in [0.717, 1.165) is 11.4 Å². The van der Waals surface area contributed by atoms with E-state index in [1.54, 1.807) is 6.92 Å². The highest BCUT2D eigenvalue weighted by Gasteiger charge is 2.28. The molecule has 4 heteroatoms. The Morgan fingerprint density at radius 3 is 2.85 bits per heavy atom. The number of carbonyl (C=O) groups is 1. The van der Waals surface area contributed by atoms with Crippen molar-refractivity contribution in [2.45, 2.75) is 44.6 Å². The summed E-state index contributed by atoms with van der Waals surface area (Å²) in [6, 6.07) is 6.09. The molecule has 0 aromatic heterocycles. The van der Waals surface area contributed by atoms with Crippen molar-refractivity contribution in [1.29, 1.82) is 0 Å². The molecule has 20 heavy (non-hydrogen) atoms. The lowest BCUT2D eigenvalue weighted by Gasteiger charge is -2.27. The van der Waals surface area contributed by atoms with Gasteiger partial charge in [-0.25, -0.2) is 0 Å². The molecule has 3 N–H and O–H groups in total. The molecule has 1 aliphatic heterocycles. The Kier molecular flexibility index (Phi) is 3.66. The molecule has 2 aliphatic rings. The highest BCUT2D eigenvalue weighted by molar-refractivity contribution is 5.97. The van der Waals surface area contributed by atoms with E-state index in [1.165, 1.54) is 31.2 Å². The third-order valence-corrected chi connectivity index (χ3v) is 4.59. The smallest absolute Gasteiger partial charge is 0.265 e. The lowest BCUT2D eigenvalue weighted by atomic mass is 9.84. The summed E-state index contributed by atoms with van der Waals surface area (Å²) in [5.74, 6) is 1.74. The van der Waals surface area contributed by atoms with E-state index in [9.17, 15) is 4.79 Å². The maximum Gasteiger partial charge on any atom is 0.265 e. The Morgan fingerprint density at radius 2 is 2.15 bits per heavy atom. The SMILES string of the molecule is CC1Oc2ccc(C(CN)C3CCCC3)cc2NC1=O. The van der Waals surface area contributed by atoms with E-state index in [0.29, 0.717) is 18.4 Å². The molecule has 1 heterocycles. The number of nitrogens with one attached hydrogen (secondary N) is 1. The van der Waals surface area contributed by atoms with Crippen LogP contribution in [0.15, 0.2) is 18.2 Å². The normalized spacial score (nSPS) is 23.9. The second-order valence-electron chi connectivity index (χ2n) is 5.89. The van der Waals surface area contributed by atoms with Crippen LogP contribution in [0.5, 0.6) is 5.75 Å². The summed E-state index contributed by atoms with van der Waals surface area (Å²) >= 11 is 0. The van der Waals surface area contributed by atoms with E-state index in [4.69, 9.17) is 10.5 Å². The van der Waals surface area contributed by atoms with Crippen LogP contribution in [0.2, 0.25) is 0 Å². The van der Waals surface area contributed by atoms with Gasteiger partial charge >= 0.3 is 0 Å². The summed E-state index contributed by atoms with van der Waals surface area (Å²) in [4.78, 5) is 11.7. The topological polar surface area (TPSA) is 64.3 Å². The summed E-state index contributed by atoms with van der Waals surface area (Å²) in [7, 11) is 0. The number of hydrogen-bond acceptors (Lipinski definition) is 3. The van der Waals surface area contributed by atoms with Crippen LogP contribution in [0.1, 0.15) is 44.1 Å². The molecular weight excluding hydrogens is 252 g/mol. The molecule has 1 aromatic carbocycles. The number of amides is 1. The molecule has 2 atom stereocenters. The maximum absolute atomic E-state index is 11.7. The zero-order valence-electron chi connectivity index (χ0n) is 11.9. The first-order valence-electron chi connectivity index (χ1n) is 7.50. The highest BCUT2D eigenvalue weighted by atomic mass is 16.5. The van der Waals surface area contributed by atoms with Gasteiger partial charge in [0.2, 0.25) is 0 Å². The van der Waals surface area contributed by atoms with Gasteiger partial charge in [0, 0.05) is 0 Å². The number of nitrogens with two attached hydrogens (primary N) is 1. The maximum atomic E-state index is 11.7. The lowest BCUT2D eigenvalue weighted by Crippen LogP contribution is -2.34. The van der Waals surface area contributed by atoms with Crippen LogP contribution in [0.25, 0.3) is 0 Å². The van der Waals surface area contributed by atoms with Crippen molar-refractivity contribution in [1.82, 2.24) is 0 Å². The lowest BCUT2D eigenvalue weighted by molar-refractivity contribution is -0.122. The predicted octanol–water partition coefficient (Wildman–Crippen LogP) is 2.64. The number of benzene rings is 1. The minimum absolute atomic E-state index is 0.0835. The Labute approximate surface area is 119 Å². The molecule has 1 fully saturated rings. The van der Waals surface area contributed by atoms with Crippen LogP contribution in [-0.2, 0) is 4.79 Å². The third kappa shape index (κ3) is 2.40. The number of fused-ring (bicyclic) bond motifs is 1. The molecule has 1 amide bonds. The fourth-order valence-electron chi connectivity index (χ4n) is 3.42. The van der Waals surface area contributed by atoms with Gasteiger partial charge in [-0.05, 0) is 55.8 Å². The molecule has 0 bridgehead atoms. The number of hydrogen-bond donors (Lipinski definition) is 2. The van der Waals surface area contributed by atoms with Gasteiger partial charge in [0.15, 0.2) is 6.10 Å². The monoisotopic (exact) mass is 274 g/mol. The minimum atomic E-state index is -0.423. The molecule has 0 saturated heterocycles. The first kappa shape index (κ1) is 13.4. The Morgan fingerprint density at radius 1 is 1.40 bits per heavy atom. The second kappa shape index (κ2) is 5.44. The first-order valence-corrected chi connectivity index (χ1v) is 7.50. The first-order chi connectivity index (χ1) is 9.69. The molecular formula is C16H22N2O2. The van der Waals surface area contributed by atoms with Crippen LogP contribution in [0.3, 0.4) is 0 Å². The Bertz CT molecular complexity index is 509. The Hall–Kier alpha value is -1.55. The van der Waals surface area contributed by atoms with Gasteiger partial charge in [-0.3, -0.25) is 4.79 Å². The van der Waals surface area contributed by atoms with Crippen molar-refractivity contribution in [3.63, 3.8) is 0 Å². The van der Waals surface area contributed by atoms with Gasteiger partial charge in [-0.1, -0.05) is 18.9 Å². The molecule has 1 aliphatic carbocycles. The van der Waals surface area contributed by atoms with Crippen LogP contribution in [-0.4, -0.2) is 18.6 Å². The average Bonchev–Trinajstić information content (AvgIpc) is 2.95. The predicted molar refractivity (Wildman–Crippen MR) is 78.9 cm³/mol. The number of anilines is 1. The molecule has 4 nitrogen and oxygen atoms in total. The van der Waals surface area contributed by atoms with Gasteiger partial charge in [0.05, 0.1) is 5.69 Å². The van der Waals surface area contributed by atoms with Crippen molar-refractivity contribution in [3.05, 3.63) is 23.8 Å². The quantitative estimate of drug-likeness (QED) is 0.890. The molecule has 1 saturated carbocycles. The van der Waals surface area contributed by atoms with E-state index in [1.807, 2.05) is 12.1 Å². The standard InChI is InChI=1S/C16H22N2O2/c1-10-16(19)18-14-8-12(6-7-15(14)20-10)13(9-17)11-4-2-3-5-11/h6-8,10-11,13H,2-5,9,17H2,1H3,(H,18,19). The van der Waals surface area contributed by atoms with Gasteiger partial charge < -0.3 is 15.8 Å². The molecule has 0 spiro atoms. The van der Waals surface area contributed by atoms with Crippen molar-refractivity contribution >= 4 is 11.6 Å². The Balaban J connectivity index is 1.87. The fraction of sp³-hybridized carbons (Fsp3) is 0.562. The van der Waals surface area contributed by atoms with Crippen LogP contribution in [0, 0.1) is 5.92 Å². The molecule has 1 aromatic rings. The highest BCUT2D eigenvalue weighted by Crippen LogP contribution is 2.39. The zero-order valence-corrected chi connectivity index (χ0v) is 11.9. The summed E-state index contributed by atoms with van der Waals surface area (Å²) in [5, 5.41) is 2.91. The van der Waals surface area contributed by atoms with Crippen molar-refractivity contribution in [2.75, 3.05) is 11.9 Å². The molecule has 3 rings (SSSR count). The van der Waals surface area contributed by atoms with Gasteiger partial charge in [0.25, 0.3) is 5.91 Å². The number of rotatable bonds is 3. The number of carbonyl (C=O) groups excluding carboxylic acids is 1. The zero-order chi connectivity index (χ0) is 14.1. The molecule has 0 radical (unpaired) electrons. The van der Waals surface area contributed by atoms with Crippen molar-refractivity contribution in [3.8, 4) is 5.75 Å². The second-order valence-corrected chi connectivity index (χ2v) is 5.89. The summed E-state index contributed by atoms with van der Waals surface area (Å²) < 4.78 is 5.59. The van der Waals surface area contributed by atoms with E-state index in [-0.39, 0.29) is 5.91 Å². The van der Waals surface area contributed by atoms with Crippen molar-refractivity contribution < 1.29 is 9.53 Å². The summed E-state index contributed by atoms with van der Waals surface area (Å²) in [6.45, 7) is 2.42. The van der Waals surface area contributed by atoms with Crippen molar-refractivity contribution in [2.24, 2.45) is 11.7 Å². The minimum Gasteiger partial charge on any atom is -0.479 e. The summed E-state index contributed by atoms with van der Waals surface area (Å²) in [5.41, 5.74) is 7.99. The van der Waals surface area contributed by atoms with Gasteiger partial charge in [-0.15, -0.1) is 0 Å². The van der Waals surface area contributed by atoms with Crippen LogP contribution < -0.4 is 15.8 Å². The van der Waals surface area contributed by atoms with Gasteiger partial charge in [-0.2, -0.15) is 0 Å². The largest absolute Gasteiger partial charge is 0.479 e. The van der Waals surface area contributed by atoms with Gasteiger partial charge in [0.1, 0.15) is 5.75 Å². The van der Waals surface area contributed by atoms with Crippen LogP contribution in [0.4, 0.5) is 5.69 Å². The average molecular weight is 274 g/mol.